The van der Waals surface area contributed by atoms with Crippen molar-refractivity contribution in [3.63, 3.8) is 0 Å². The Kier molecular flexibility index (Phi) is 8.34. The number of hydrogen-bond donors (Lipinski definition) is 1. The minimum Gasteiger partial charge on any atom is -0.328 e. The van der Waals surface area contributed by atoms with Crippen LogP contribution in [-0.2, 0) is 0 Å². The highest BCUT2D eigenvalue weighted by Crippen LogP contribution is 2.08. The first-order chi connectivity index (χ1) is 3.72. The highest BCUT2D eigenvalue weighted by molar-refractivity contribution is 5.85. The molecule has 0 heterocycles. The molecule has 3 heteroatoms. The van der Waals surface area contributed by atoms with Gasteiger partial charge in [-0.15, -0.1) is 12.4 Å². The van der Waals surface area contributed by atoms with Crippen molar-refractivity contribution >= 4 is 12.4 Å². The first kappa shape index (κ1) is 11.9. The van der Waals surface area contributed by atoms with Crippen LogP contribution in [0.2, 0.25) is 0 Å². The maximum atomic E-state index is 12.4. The Morgan fingerprint density at radius 1 is 1.56 bits per heavy atom. The number of halogens is 2. The van der Waals surface area contributed by atoms with Crippen LogP contribution in [0, 0.1) is 5.92 Å². The van der Waals surface area contributed by atoms with Gasteiger partial charge < -0.3 is 5.73 Å². The molecule has 0 bridgehead atoms. The van der Waals surface area contributed by atoms with Crippen LogP contribution < -0.4 is 5.73 Å². The standard InChI is InChI=1S/C6H14FN.ClH/c1-3-5(2)6(7)4-8;/h5-6H,3-4,8H2,1-2H3;1H. The van der Waals surface area contributed by atoms with E-state index in [0.29, 0.717) is 0 Å². The van der Waals surface area contributed by atoms with E-state index in [1.54, 1.807) is 0 Å². The van der Waals surface area contributed by atoms with Crippen molar-refractivity contribution in [2.75, 3.05) is 6.54 Å². The van der Waals surface area contributed by atoms with E-state index < -0.39 is 6.17 Å². The van der Waals surface area contributed by atoms with Gasteiger partial charge in [0.2, 0.25) is 0 Å². The van der Waals surface area contributed by atoms with Gasteiger partial charge in [-0.3, -0.25) is 0 Å². The average Bonchev–Trinajstić information content (AvgIpc) is 1.84. The van der Waals surface area contributed by atoms with Crippen LogP contribution in [0.4, 0.5) is 4.39 Å². The fraction of sp³-hybridized carbons (Fsp3) is 1.00. The summed E-state index contributed by atoms with van der Waals surface area (Å²) < 4.78 is 12.4. The van der Waals surface area contributed by atoms with Crippen molar-refractivity contribution in [2.45, 2.75) is 26.4 Å². The van der Waals surface area contributed by atoms with Crippen molar-refractivity contribution < 1.29 is 4.39 Å². The highest BCUT2D eigenvalue weighted by atomic mass is 35.5. The van der Waals surface area contributed by atoms with Crippen LogP contribution >= 0.6 is 12.4 Å². The van der Waals surface area contributed by atoms with Crippen molar-refractivity contribution in [2.24, 2.45) is 11.7 Å². The fourth-order valence-corrected chi connectivity index (χ4v) is 0.488. The Balaban J connectivity index is 0. The second-order valence-electron chi connectivity index (χ2n) is 2.14. The molecule has 0 aliphatic heterocycles. The summed E-state index contributed by atoms with van der Waals surface area (Å²) in [5.74, 6) is 0.125. The van der Waals surface area contributed by atoms with E-state index in [1.807, 2.05) is 13.8 Å². The first-order valence-corrected chi connectivity index (χ1v) is 3.06. The predicted octanol–water partition coefficient (Wildman–Crippen LogP) is 1.75. The number of hydrogen-bond acceptors (Lipinski definition) is 1. The van der Waals surface area contributed by atoms with Gasteiger partial charge in [0.1, 0.15) is 6.17 Å². The van der Waals surface area contributed by atoms with Gasteiger partial charge in [-0.1, -0.05) is 20.3 Å². The molecule has 9 heavy (non-hydrogen) atoms. The zero-order valence-electron chi connectivity index (χ0n) is 5.93. The van der Waals surface area contributed by atoms with Gasteiger partial charge in [-0.25, -0.2) is 4.39 Å². The second-order valence-corrected chi connectivity index (χ2v) is 2.14. The van der Waals surface area contributed by atoms with Crippen LogP contribution in [0.5, 0.6) is 0 Å². The lowest BCUT2D eigenvalue weighted by molar-refractivity contribution is 0.244. The molecule has 0 aromatic carbocycles. The molecule has 0 spiro atoms. The molecule has 2 atom stereocenters. The maximum Gasteiger partial charge on any atom is 0.115 e. The number of nitrogens with two attached hydrogens (primary N) is 1. The largest absolute Gasteiger partial charge is 0.328 e. The van der Waals surface area contributed by atoms with Gasteiger partial charge in [0.05, 0.1) is 0 Å². The van der Waals surface area contributed by atoms with Crippen molar-refractivity contribution in [3.05, 3.63) is 0 Å². The van der Waals surface area contributed by atoms with E-state index in [1.165, 1.54) is 0 Å². The Labute approximate surface area is 62.2 Å². The van der Waals surface area contributed by atoms with Gasteiger partial charge in [-0.05, 0) is 5.92 Å². The Hall–Kier alpha value is 0.180. The molecular weight excluding hydrogens is 141 g/mol. The SMILES string of the molecule is CCC(C)C(F)CN.Cl. The molecule has 0 amide bonds. The number of rotatable bonds is 3. The minimum absolute atomic E-state index is 0. The van der Waals surface area contributed by atoms with Crippen LogP contribution in [0.25, 0.3) is 0 Å². The summed E-state index contributed by atoms with van der Waals surface area (Å²) in [6.45, 7) is 4.00. The molecular formula is C6H15ClFN. The van der Waals surface area contributed by atoms with E-state index in [0.717, 1.165) is 6.42 Å². The summed E-state index contributed by atoms with van der Waals surface area (Å²) in [4.78, 5) is 0. The smallest absolute Gasteiger partial charge is 0.115 e. The molecule has 2 N–H and O–H groups in total. The molecule has 0 rings (SSSR count). The fourth-order valence-electron chi connectivity index (χ4n) is 0.488. The molecule has 1 nitrogen and oxygen atoms in total. The normalized spacial score (nSPS) is 16.0. The summed E-state index contributed by atoms with van der Waals surface area (Å²) in [6.07, 6.45) is 0.0678. The summed E-state index contributed by atoms with van der Waals surface area (Å²) >= 11 is 0. The Morgan fingerprint density at radius 3 is 2.11 bits per heavy atom. The first-order valence-electron chi connectivity index (χ1n) is 3.06. The van der Waals surface area contributed by atoms with Crippen molar-refractivity contribution in [3.8, 4) is 0 Å². The molecule has 0 saturated carbocycles. The minimum atomic E-state index is -0.806. The summed E-state index contributed by atoms with van der Waals surface area (Å²) in [5, 5.41) is 0. The molecule has 0 fully saturated rings. The van der Waals surface area contributed by atoms with Crippen LogP contribution in [0.1, 0.15) is 20.3 Å². The van der Waals surface area contributed by atoms with Crippen LogP contribution in [0.3, 0.4) is 0 Å². The Morgan fingerprint density at radius 2 is 2.00 bits per heavy atom. The summed E-state index contributed by atoms with van der Waals surface area (Å²) in [7, 11) is 0. The second kappa shape index (κ2) is 6.30. The van der Waals surface area contributed by atoms with Gasteiger partial charge >= 0.3 is 0 Å². The topological polar surface area (TPSA) is 26.0 Å². The molecule has 2 unspecified atom stereocenters. The van der Waals surface area contributed by atoms with E-state index in [4.69, 9.17) is 5.73 Å². The van der Waals surface area contributed by atoms with Crippen molar-refractivity contribution in [1.82, 2.24) is 0 Å². The Bertz CT molecular complexity index is 53.0. The van der Waals surface area contributed by atoms with Crippen molar-refractivity contribution in [1.29, 1.82) is 0 Å². The molecule has 0 saturated heterocycles. The number of alkyl halides is 1. The van der Waals surface area contributed by atoms with Gasteiger partial charge in [0.15, 0.2) is 0 Å². The molecule has 0 radical (unpaired) electrons. The zero-order chi connectivity index (χ0) is 6.57. The quantitative estimate of drug-likeness (QED) is 0.661. The molecule has 0 aliphatic carbocycles. The third kappa shape index (κ3) is 4.67. The lowest BCUT2D eigenvalue weighted by Crippen LogP contribution is -2.22. The van der Waals surface area contributed by atoms with Gasteiger partial charge in [-0.2, -0.15) is 0 Å². The molecule has 0 aliphatic rings. The lowest BCUT2D eigenvalue weighted by atomic mass is 10.0. The highest BCUT2D eigenvalue weighted by Gasteiger charge is 2.10. The van der Waals surface area contributed by atoms with Crippen LogP contribution in [-0.4, -0.2) is 12.7 Å². The predicted molar refractivity (Wildman–Crippen MR) is 40.7 cm³/mol. The lowest BCUT2D eigenvalue weighted by Gasteiger charge is -2.10. The molecule has 0 aromatic rings. The average molecular weight is 156 g/mol. The van der Waals surface area contributed by atoms with Crippen LogP contribution in [0.15, 0.2) is 0 Å². The van der Waals surface area contributed by atoms with Gasteiger partial charge in [0, 0.05) is 6.54 Å². The van der Waals surface area contributed by atoms with E-state index in [2.05, 4.69) is 0 Å². The van der Waals surface area contributed by atoms with E-state index in [9.17, 15) is 4.39 Å². The summed E-state index contributed by atoms with van der Waals surface area (Å²) in [6, 6.07) is 0. The molecule has 0 aromatic heterocycles. The third-order valence-electron chi connectivity index (χ3n) is 1.49. The third-order valence-corrected chi connectivity index (χ3v) is 1.49. The maximum absolute atomic E-state index is 12.4. The monoisotopic (exact) mass is 155 g/mol. The van der Waals surface area contributed by atoms with E-state index in [-0.39, 0.29) is 24.9 Å². The zero-order valence-corrected chi connectivity index (χ0v) is 6.75. The molecule has 58 valence electrons. The van der Waals surface area contributed by atoms with Gasteiger partial charge in [0.25, 0.3) is 0 Å². The summed E-state index contributed by atoms with van der Waals surface area (Å²) in [5.41, 5.74) is 5.07. The van der Waals surface area contributed by atoms with E-state index >= 15 is 0 Å².